The van der Waals surface area contributed by atoms with Gasteiger partial charge in [-0.1, -0.05) is 47.5 Å². The molecule has 8 nitrogen and oxygen atoms in total. The number of halogens is 2. The number of anilines is 2. The van der Waals surface area contributed by atoms with E-state index in [0.29, 0.717) is 0 Å². The fourth-order valence-electron chi connectivity index (χ4n) is 4.90. The minimum absolute atomic E-state index is 0.0544. The summed E-state index contributed by atoms with van der Waals surface area (Å²) in [4.78, 5) is 11.2. The molecule has 186 valence electrons. The Morgan fingerprint density at radius 3 is 2.69 bits per heavy atom. The molecule has 1 aliphatic heterocycles. The Bertz CT molecular complexity index is 1510. The molecule has 0 saturated heterocycles. The summed E-state index contributed by atoms with van der Waals surface area (Å²) in [5, 5.41) is 15.4. The van der Waals surface area contributed by atoms with E-state index in [-0.39, 0.29) is 49.9 Å². The zero-order chi connectivity index (χ0) is 25.6. The number of benzene rings is 3. The summed E-state index contributed by atoms with van der Waals surface area (Å²) in [6, 6.07) is 14.4. The van der Waals surface area contributed by atoms with Crippen LogP contribution in [-0.4, -0.2) is 20.5 Å². The molecule has 2 aliphatic rings. The fourth-order valence-corrected chi connectivity index (χ4v) is 6.41. The van der Waals surface area contributed by atoms with E-state index in [4.69, 9.17) is 27.9 Å². The molecule has 5 rings (SSSR count). The first kappa shape index (κ1) is 24.4. The maximum Gasteiger partial charge on any atom is 0.311 e. The Labute approximate surface area is 218 Å². The van der Waals surface area contributed by atoms with E-state index in [2.05, 4.69) is 22.2 Å². The van der Waals surface area contributed by atoms with Crippen LogP contribution < -0.4 is 14.8 Å². The monoisotopic (exact) mass is 545 g/mol. The SMILES string of the molecule is COc1ccc([C@H]2Nc3ccc(S(=O)(=O)Nc4cccc(Cl)c4Cl)cc3[C@H]3C=CC[C@H]32)cc1[N+](=O)[O-]. The Morgan fingerprint density at radius 1 is 1.14 bits per heavy atom. The number of ether oxygens (including phenoxy) is 1. The topological polar surface area (TPSA) is 111 Å². The molecule has 0 amide bonds. The normalized spacial score (nSPS) is 20.2. The van der Waals surface area contributed by atoms with Crippen molar-refractivity contribution in [2.75, 3.05) is 17.1 Å². The second kappa shape index (κ2) is 9.31. The van der Waals surface area contributed by atoms with Crippen molar-refractivity contribution in [1.82, 2.24) is 0 Å². The Hall–Kier alpha value is -3.27. The Balaban J connectivity index is 1.50. The van der Waals surface area contributed by atoms with Crippen molar-refractivity contribution < 1.29 is 18.1 Å². The van der Waals surface area contributed by atoms with Crippen molar-refractivity contribution >= 4 is 50.3 Å². The third-order valence-electron chi connectivity index (χ3n) is 6.60. The molecule has 36 heavy (non-hydrogen) atoms. The highest BCUT2D eigenvalue weighted by Crippen LogP contribution is 2.51. The highest BCUT2D eigenvalue weighted by atomic mass is 35.5. The first-order valence-electron chi connectivity index (χ1n) is 11.1. The van der Waals surface area contributed by atoms with E-state index in [9.17, 15) is 18.5 Å². The van der Waals surface area contributed by atoms with Gasteiger partial charge in [0.1, 0.15) is 0 Å². The molecular formula is C25H21Cl2N3O5S. The molecule has 11 heteroatoms. The Morgan fingerprint density at radius 2 is 1.94 bits per heavy atom. The fraction of sp³-hybridized carbons (Fsp3) is 0.200. The lowest BCUT2D eigenvalue weighted by molar-refractivity contribution is -0.385. The van der Waals surface area contributed by atoms with E-state index in [0.717, 1.165) is 23.2 Å². The van der Waals surface area contributed by atoms with Crippen LogP contribution in [0.4, 0.5) is 17.1 Å². The molecule has 0 spiro atoms. The minimum Gasteiger partial charge on any atom is -0.490 e. The lowest BCUT2D eigenvalue weighted by Crippen LogP contribution is -2.29. The molecule has 3 atom stereocenters. The summed E-state index contributed by atoms with van der Waals surface area (Å²) >= 11 is 12.2. The van der Waals surface area contributed by atoms with Crippen molar-refractivity contribution in [1.29, 1.82) is 0 Å². The quantitative estimate of drug-likeness (QED) is 0.206. The first-order chi connectivity index (χ1) is 17.2. The number of allylic oxidation sites excluding steroid dienone is 2. The summed E-state index contributed by atoms with van der Waals surface area (Å²) in [6.45, 7) is 0. The number of fused-ring (bicyclic) bond motifs is 3. The predicted molar refractivity (Wildman–Crippen MR) is 140 cm³/mol. The van der Waals surface area contributed by atoms with Crippen LogP contribution in [-0.2, 0) is 10.0 Å². The summed E-state index contributed by atoms with van der Waals surface area (Å²) < 4.78 is 34.0. The zero-order valence-electron chi connectivity index (χ0n) is 18.9. The van der Waals surface area contributed by atoms with Gasteiger partial charge in [0.05, 0.1) is 38.7 Å². The highest BCUT2D eigenvalue weighted by Gasteiger charge is 2.39. The number of methoxy groups -OCH3 is 1. The van der Waals surface area contributed by atoms with Crippen LogP contribution in [0.1, 0.15) is 29.5 Å². The molecule has 3 aromatic rings. The van der Waals surface area contributed by atoms with Gasteiger partial charge < -0.3 is 10.1 Å². The molecule has 0 unspecified atom stereocenters. The lowest BCUT2D eigenvalue weighted by Gasteiger charge is -2.37. The molecule has 2 N–H and O–H groups in total. The molecule has 1 aliphatic carbocycles. The molecule has 0 radical (unpaired) electrons. The summed E-state index contributed by atoms with van der Waals surface area (Å²) in [5.41, 5.74) is 2.47. The van der Waals surface area contributed by atoms with E-state index < -0.39 is 14.9 Å². The average molecular weight is 546 g/mol. The van der Waals surface area contributed by atoms with E-state index in [1.54, 1.807) is 36.4 Å². The van der Waals surface area contributed by atoms with Crippen molar-refractivity contribution in [2.45, 2.75) is 23.3 Å². The second-order valence-electron chi connectivity index (χ2n) is 8.62. The van der Waals surface area contributed by atoms with Crippen molar-refractivity contribution in [2.24, 2.45) is 5.92 Å². The van der Waals surface area contributed by atoms with Crippen LogP contribution in [0.25, 0.3) is 0 Å². The largest absolute Gasteiger partial charge is 0.490 e. The maximum atomic E-state index is 13.2. The average Bonchev–Trinajstić information content (AvgIpc) is 3.36. The third-order valence-corrected chi connectivity index (χ3v) is 8.78. The number of sulfonamides is 1. The molecule has 0 saturated carbocycles. The number of rotatable bonds is 6. The third kappa shape index (κ3) is 4.27. The van der Waals surface area contributed by atoms with Crippen molar-refractivity contribution in [3.63, 3.8) is 0 Å². The molecule has 0 fully saturated rings. The van der Waals surface area contributed by atoms with E-state index in [1.165, 1.54) is 19.2 Å². The molecule has 0 aromatic heterocycles. The first-order valence-corrected chi connectivity index (χ1v) is 13.3. The Kier molecular flexibility index (Phi) is 6.32. The van der Waals surface area contributed by atoms with Crippen molar-refractivity contribution in [3.05, 3.63) is 98.0 Å². The standard InChI is InChI=1S/C25H21Cl2N3O5S/c1-35-23-11-8-14(12-22(23)30(31)32)25-17-5-2-4-16(17)18-13-15(9-10-20(18)28-25)36(33,34)29-21-7-3-6-19(26)24(21)27/h2-4,6-13,16-17,25,28-29H,5H2,1H3/t16-,17+,25+/m0/s1. The maximum absolute atomic E-state index is 13.2. The number of nitro groups is 1. The predicted octanol–water partition coefficient (Wildman–Crippen LogP) is 6.54. The minimum atomic E-state index is -3.94. The van der Waals surface area contributed by atoms with Gasteiger partial charge in [0.15, 0.2) is 5.75 Å². The van der Waals surface area contributed by atoms with Gasteiger partial charge in [0.25, 0.3) is 10.0 Å². The van der Waals surface area contributed by atoms with Crippen molar-refractivity contribution in [3.8, 4) is 5.75 Å². The highest BCUT2D eigenvalue weighted by molar-refractivity contribution is 7.92. The van der Waals surface area contributed by atoms with Gasteiger partial charge in [0, 0.05) is 17.7 Å². The molecule has 3 aromatic carbocycles. The number of hydrogen-bond acceptors (Lipinski definition) is 6. The van der Waals surface area contributed by atoms with Gasteiger partial charge in [0.2, 0.25) is 0 Å². The van der Waals surface area contributed by atoms with Gasteiger partial charge in [-0.3, -0.25) is 14.8 Å². The molecule has 1 heterocycles. The van der Waals surface area contributed by atoms with Crippen LogP contribution in [0.2, 0.25) is 10.0 Å². The van der Waals surface area contributed by atoms with Gasteiger partial charge in [-0.25, -0.2) is 8.42 Å². The van der Waals surface area contributed by atoms with Crippen LogP contribution in [0.5, 0.6) is 5.75 Å². The summed E-state index contributed by atoms with van der Waals surface area (Å²) in [6.07, 6.45) is 4.87. The number of hydrogen-bond donors (Lipinski definition) is 2. The molecular weight excluding hydrogens is 525 g/mol. The van der Waals surface area contributed by atoms with Gasteiger partial charge >= 0.3 is 5.69 Å². The van der Waals surface area contributed by atoms with Crippen LogP contribution >= 0.6 is 23.2 Å². The van der Waals surface area contributed by atoms with Crippen LogP contribution in [0, 0.1) is 16.0 Å². The second-order valence-corrected chi connectivity index (χ2v) is 11.1. The zero-order valence-corrected chi connectivity index (χ0v) is 21.3. The van der Waals surface area contributed by atoms with E-state index >= 15 is 0 Å². The number of nitrogens with zero attached hydrogens (tertiary/aromatic N) is 1. The number of nitrogens with one attached hydrogen (secondary N) is 2. The smallest absolute Gasteiger partial charge is 0.311 e. The van der Waals surface area contributed by atoms with Gasteiger partial charge in [-0.2, -0.15) is 0 Å². The number of nitro benzene ring substituents is 1. The van der Waals surface area contributed by atoms with Crippen LogP contribution in [0.15, 0.2) is 71.6 Å². The molecule has 0 bridgehead atoms. The summed E-state index contributed by atoms with van der Waals surface area (Å²) in [5.74, 6) is 0.194. The van der Waals surface area contributed by atoms with E-state index in [1.807, 2.05) is 6.07 Å². The van der Waals surface area contributed by atoms with Gasteiger partial charge in [-0.05, 0) is 59.9 Å². The lowest BCUT2D eigenvalue weighted by atomic mass is 9.77. The summed E-state index contributed by atoms with van der Waals surface area (Å²) in [7, 11) is -2.54. The van der Waals surface area contributed by atoms with Crippen LogP contribution in [0.3, 0.4) is 0 Å². The van der Waals surface area contributed by atoms with Gasteiger partial charge in [-0.15, -0.1) is 0 Å².